The summed E-state index contributed by atoms with van der Waals surface area (Å²) in [6.07, 6.45) is 0. The van der Waals surface area contributed by atoms with Gasteiger partial charge in [-0.05, 0) is 13.8 Å². The van der Waals surface area contributed by atoms with Crippen LogP contribution in [0.25, 0.3) is 0 Å². The molecule has 2 aromatic rings. The third-order valence-corrected chi connectivity index (χ3v) is 4.15. The number of aromatic nitrogens is 3. The normalized spacial score (nSPS) is 17.8. The zero-order valence-electron chi connectivity index (χ0n) is 14.2. The van der Waals surface area contributed by atoms with E-state index in [9.17, 15) is 4.79 Å². The molecule has 1 N–H and O–H groups in total. The molecular formula is C15H22N6O3. The standard InChI is InChI=1S/C15H22N6O3/c1-10-8-13(18-23-10)17-15(22)11(2)21-6-4-20(5-7-21)9-14-16-12(3)24-19-14/h8,11H,4-7,9H2,1-3H3,(H,17,18,22). The van der Waals surface area contributed by atoms with Gasteiger partial charge in [-0.2, -0.15) is 4.98 Å². The van der Waals surface area contributed by atoms with Crippen molar-refractivity contribution in [1.82, 2.24) is 25.1 Å². The predicted molar refractivity (Wildman–Crippen MR) is 85.2 cm³/mol. The number of piperazine rings is 1. The summed E-state index contributed by atoms with van der Waals surface area (Å²) in [6, 6.07) is 1.48. The van der Waals surface area contributed by atoms with Gasteiger partial charge in [0.2, 0.25) is 11.8 Å². The molecule has 1 saturated heterocycles. The number of anilines is 1. The number of nitrogens with zero attached hydrogens (tertiary/aromatic N) is 5. The van der Waals surface area contributed by atoms with Crippen molar-refractivity contribution in [2.45, 2.75) is 33.4 Å². The van der Waals surface area contributed by atoms with E-state index in [1.54, 1.807) is 19.9 Å². The molecule has 0 aromatic carbocycles. The highest BCUT2D eigenvalue weighted by molar-refractivity contribution is 5.93. The molecule has 2 aromatic heterocycles. The summed E-state index contributed by atoms with van der Waals surface area (Å²) in [6.45, 7) is 9.47. The van der Waals surface area contributed by atoms with Crippen LogP contribution in [0.5, 0.6) is 0 Å². The van der Waals surface area contributed by atoms with Crippen molar-refractivity contribution in [3.63, 3.8) is 0 Å². The minimum absolute atomic E-state index is 0.0782. The van der Waals surface area contributed by atoms with Crippen molar-refractivity contribution in [3.05, 3.63) is 23.5 Å². The van der Waals surface area contributed by atoms with Crippen LogP contribution in [0.2, 0.25) is 0 Å². The first-order valence-corrected chi connectivity index (χ1v) is 8.01. The number of carbonyl (C=O) groups is 1. The molecule has 24 heavy (non-hydrogen) atoms. The van der Waals surface area contributed by atoms with Crippen LogP contribution in [0.4, 0.5) is 5.82 Å². The van der Waals surface area contributed by atoms with Gasteiger partial charge >= 0.3 is 0 Å². The van der Waals surface area contributed by atoms with Gasteiger partial charge in [0.1, 0.15) is 5.76 Å². The third kappa shape index (κ3) is 3.98. The van der Waals surface area contributed by atoms with Gasteiger partial charge in [-0.3, -0.25) is 14.6 Å². The molecule has 9 nitrogen and oxygen atoms in total. The summed E-state index contributed by atoms with van der Waals surface area (Å²) in [7, 11) is 0. The van der Waals surface area contributed by atoms with Gasteiger partial charge < -0.3 is 14.4 Å². The molecular weight excluding hydrogens is 312 g/mol. The minimum Gasteiger partial charge on any atom is -0.360 e. The molecule has 1 unspecified atom stereocenters. The van der Waals surface area contributed by atoms with E-state index in [2.05, 4.69) is 30.4 Å². The van der Waals surface area contributed by atoms with Crippen LogP contribution in [-0.2, 0) is 11.3 Å². The van der Waals surface area contributed by atoms with Gasteiger partial charge in [-0.15, -0.1) is 0 Å². The Balaban J connectivity index is 1.47. The van der Waals surface area contributed by atoms with Crippen molar-refractivity contribution >= 4 is 11.7 Å². The van der Waals surface area contributed by atoms with E-state index >= 15 is 0 Å². The Morgan fingerprint density at radius 1 is 1.25 bits per heavy atom. The van der Waals surface area contributed by atoms with Gasteiger partial charge in [0.15, 0.2) is 11.6 Å². The van der Waals surface area contributed by atoms with Gasteiger partial charge in [-0.1, -0.05) is 10.3 Å². The number of nitrogens with one attached hydrogen (secondary N) is 1. The Kier molecular flexibility index (Phi) is 4.91. The van der Waals surface area contributed by atoms with E-state index in [0.29, 0.717) is 29.8 Å². The van der Waals surface area contributed by atoms with Gasteiger partial charge in [-0.25, -0.2) is 0 Å². The van der Waals surface area contributed by atoms with E-state index in [0.717, 1.165) is 26.2 Å². The molecule has 1 aliphatic rings. The molecule has 9 heteroatoms. The predicted octanol–water partition coefficient (Wildman–Crippen LogP) is 0.819. The monoisotopic (exact) mass is 334 g/mol. The first-order chi connectivity index (χ1) is 11.5. The summed E-state index contributed by atoms with van der Waals surface area (Å²) in [4.78, 5) is 20.9. The zero-order valence-corrected chi connectivity index (χ0v) is 14.2. The Hall–Kier alpha value is -2.26. The lowest BCUT2D eigenvalue weighted by Gasteiger charge is -2.36. The van der Waals surface area contributed by atoms with Crippen LogP contribution in [0, 0.1) is 13.8 Å². The molecule has 130 valence electrons. The van der Waals surface area contributed by atoms with Crippen molar-refractivity contribution in [1.29, 1.82) is 0 Å². The fraction of sp³-hybridized carbons (Fsp3) is 0.600. The van der Waals surface area contributed by atoms with E-state index in [-0.39, 0.29) is 11.9 Å². The summed E-state index contributed by atoms with van der Waals surface area (Å²) in [5.41, 5.74) is 0. The zero-order chi connectivity index (χ0) is 17.1. The fourth-order valence-electron chi connectivity index (χ4n) is 2.74. The number of rotatable bonds is 5. The smallest absolute Gasteiger partial charge is 0.242 e. The van der Waals surface area contributed by atoms with Crippen LogP contribution in [-0.4, -0.2) is 63.2 Å². The van der Waals surface area contributed by atoms with Crippen molar-refractivity contribution in [2.24, 2.45) is 0 Å². The maximum atomic E-state index is 12.3. The molecule has 0 saturated carbocycles. The van der Waals surface area contributed by atoms with Crippen LogP contribution in [0.15, 0.2) is 15.1 Å². The van der Waals surface area contributed by atoms with E-state index in [1.807, 2.05) is 6.92 Å². The van der Waals surface area contributed by atoms with Crippen molar-refractivity contribution in [2.75, 3.05) is 31.5 Å². The Morgan fingerprint density at radius 3 is 2.58 bits per heavy atom. The van der Waals surface area contributed by atoms with Gasteiger partial charge in [0.05, 0.1) is 12.6 Å². The van der Waals surface area contributed by atoms with Gasteiger partial charge in [0.25, 0.3) is 0 Å². The Labute approximate surface area is 140 Å². The summed E-state index contributed by atoms with van der Waals surface area (Å²) < 4.78 is 9.95. The molecule has 1 atom stereocenters. The summed E-state index contributed by atoms with van der Waals surface area (Å²) in [5, 5.41) is 10.5. The van der Waals surface area contributed by atoms with Crippen LogP contribution in [0.1, 0.15) is 24.4 Å². The van der Waals surface area contributed by atoms with E-state index in [4.69, 9.17) is 9.05 Å². The fourth-order valence-corrected chi connectivity index (χ4v) is 2.74. The third-order valence-electron chi connectivity index (χ3n) is 4.15. The molecule has 1 aliphatic heterocycles. The largest absolute Gasteiger partial charge is 0.360 e. The number of carbonyl (C=O) groups excluding carboxylic acids is 1. The molecule has 0 aliphatic carbocycles. The summed E-state index contributed by atoms with van der Waals surface area (Å²) in [5.74, 6) is 2.33. The Morgan fingerprint density at radius 2 is 2.00 bits per heavy atom. The molecule has 3 rings (SSSR count). The molecule has 0 spiro atoms. The molecule has 0 bridgehead atoms. The number of aryl methyl sites for hydroxylation is 2. The highest BCUT2D eigenvalue weighted by atomic mass is 16.5. The van der Waals surface area contributed by atoms with E-state index < -0.39 is 0 Å². The highest BCUT2D eigenvalue weighted by Gasteiger charge is 2.26. The first-order valence-electron chi connectivity index (χ1n) is 8.01. The van der Waals surface area contributed by atoms with Crippen molar-refractivity contribution in [3.8, 4) is 0 Å². The number of amides is 1. The second-order valence-corrected chi connectivity index (χ2v) is 6.03. The lowest BCUT2D eigenvalue weighted by molar-refractivity contribution is -0.121. The maximum absolute atomic E-state index is 12.3. The van der Waals surface area contributed by atoms with Crippen LogP contribution < -0.4 is 5.32 Å². The number of hydrogen-bond acceptors (Lipinski definition) is 8. The Bertz CT molecular complexity index is 689. The second-order valence-electron chi connectivity index (χ2n) is 6.03. The maximum Gasteiger partial charge on any atom is 0.242 e. The van der Waals surface area contributed by atoms with Crippen molar-refractivity contribution < 1.29 is 13.8 Å². The second kappa shape index (κ2) is 7.10. The molecule has 1 amide bonds. The van der Waals surface area contributed by atoms with Crippen LogP contribution >= 0.6 is 0 Å². The first kappa shape index (κ1) is 16.6. The average molecular weight is 334 g/mol. The highest BCUT2D eigenvalue weighted by Crippen LogP contribution is 2.12. The van der Waals surface area contributed by atoms with E-state index in [1.165, 1.54) is 0 Å². The SMILES string of the molecule is Cc1cc(NC(=O)C(C)N2CCN(Cc3noc(C)n3)CC2)no1. The quantitative estimate of drug-likeness (QED) is 0.858. The number of hydrogen-bond donors (Lipinski definition) is 1. The lowest BCUT2D eigenvalue weighted by atomic mass is 10.2. The molecule has 0 radical (unpaired) electrons. The topological polar surface area (TPSA) is 101 Å². The van der Waals surface area contributed by atoms with Gasteiger partial charge in [0, 0.05) is 39.2 Å². The molecule has 3 heterocycles. The summed E-state index contributed by atoms with van der Waals surface area (Å²) >= 11 is 0. The average Bonchev–Trinajstić information content (AvgIpc) is 3.15. The lowest BCUT2D eigenvalue weighted by Crippen LogP contribution is -2.52. The minimum atomic E-state index is -0.225. The molecule has 1 fully saturated rings. The van der Waals surface area contributed by atoms with Crippen LogP contribution in [0.3, 0.4) is 0 Å².